The topological polar surface area (TPSA) is 26.3 Å². The maximum atomic E-state index is 10.5. The van der Waals surface area contributed by atoms with Gasteiger partial charge in [0.1, 0.15) is 12.0 Å². The number of ether oxygens (including phenoxy) is 1. The number of rotatable bonds is 4. The van der Waals surface area contributed by atoms with Gasteiger partial charge in [0, 0.05) is 0 Å². The molecule has 16 heavy (non-hydrogen) atoms. The molecule has 1 aromatic carbocycles. The van der Waals surface area contributed by atoms with E-state index in [4.69, 9.17) is 4.74 Å². The van der Waals surface area contributed by atoms with Gasteiger partial charge in [-0.15, -0.1) is 0 Å². The molecule has 1 rings (SSSR count). The first kappa shape index (κ1) is 13.5. The first-order valence-electron chi connectivity index (χ1n) is 4.83. The molecule has 0 aromatic heterocycles. The quantitative estimate of drug-likeness (QED) is 0.602. The summed E-state index contributed by atoms with van der Waals surface area (Å²) in [6.07, 6.45) is 2.65. The molecule has 0 amide bonds. The molecule has 0 radical (unpaired) electrons. The third-order valence-corrected chi connectivity index (χ3v) is 3.07. The van der Waals surface area contributed by atoms with Crippen LogP contribution in [0, 0.1) is 0 Å². The number of carbonyl (C=O) groups excluding carboxylic acids is 1. The first-order valence-corrected chi connectivity index (χ1v) is 6.42. The number of carbonyl (C=O) groups is 1. The predicted molar refractivity (Wildman–Crippen MR) is 72.7 cm³/mol. The van der Waals surface area contributed by atoms with Gasteiger partial charge in [0.05, 0.1) is 15.6 Å². The Kier molecular flexibility index (Phi) is 5.22. The van der Waals surface area contributed by atoms with Crippen LogP contribution in [0.1, 0.15) is 19.4 Å². The van der Waals surface area contributed by atoms with E-state index < -0.39 is 0 Å². The van der Waals surface area contributed by atoms with Crippen LogP contribution in [0.25, 0.3) is 6.08 Å². The van der Waals surface area contributed by atoms with E-state index in [0.717, 1.165) is 26.5 Å². The van der Waals surface area contributed by atoms with Gasteiger partial charge in [-0.1, -0.05) is 0 Å². The van der Waals surface area contributed by atoms with Gasteiger partial charge in [0.25, 0.3) is 0 Å². The summed E-state index contributed by atoms with van der Waals surface area (Å²) in [4.78, 5) is 10.5. The van der Waals surface area contributed by atoms with Crippen LogP contribution in [0.2, 0.25) is 0 Å². The summed E-state index contributed by atoms with van der Waals surface area (Å²) in [5.74, 6) is 0.781. The van der Waals surface area contributed by atoms with Crippen LogP contribution in [-0.4, -0.2) is 12.9 Å². The highest BCUT2D eigenvalue weighted by molar-refractivity contribution is 9.11. The number of hydrogen-bond donors (Lipinski definition) is 0. The smallest absolute Gasteiger partial charge is 0.147 e. The highest BCUT2D eigenvalue weighted by Crippen LogP contribution is 2.35. The molecule has 0 heterocycles. The lowest BCUT2D eigenvalue weighted by Gasteiger charge is -2.09. The number of allylic oxidation sites excluding steroid dienone is 1. The van der Waals surface area contributed by atoms with Crippen molar-refractivity contribution in [2.24, 2.45) is 0 Å². The molecule has 0 atom stereocenters. The third-order valence-electron chi connectivity index (χ3n) is 1.89. The van der Waals surface area contributed by atoms with Gasteiger partial charge in [-0.05, 0) is 75.1 Å². The summed E-state index contributed by atoms with van der Waals surface area (Å²) < 4.78 is 7.21. The second-order valence-electron chi connectivity index (χ2n) is 3.25. The van der Waals surface area contributed by atoms with Crippen molar-refractivity contribution in [3.8, 4) is 5.75 Å². The number of aldehydes is 1. The molecule has 0 N–H and O–H groups in total. The molecule has 2 nitrogen and oxygen atoms in total. The Morgan fingerprint density at radius 1 is 1.38 bits per heavy atom. The Labute approximate surface area is 112 Å². The fourth-order valence-corrected chi connectivity index (χ4v) is 2.69. The Morgan fingerprint density at radius 3 is 2.38 bits per heavy atom. The van der Waals surface area contributed by atoms with Crippen molar-refractivity contribution in [3.63, 3.8) is 0 Å². The van der Waals surface area contributed by atoms with Crippen LogP contribution in [0.4, 0.5) is 0 Å². The Balaban J connectivity index is 3.14. The monoisotopic (exact) mass is 346 g/mol. The molecule has 0 fully saturated rings. The van der Waals surface area contributed by atoms with E-state index in [1.165, 1.54) is 0 Å². The Morgan fingerprint density at radius 2 is 1.94 bits per heavy atom. The zero-order valence-corrected chi connectivity index (χ0v) is 12.3. The van der Waals surface area contributed by atoms with E-state index in [-0.39, 0.29) is 0 Å². The van der Waals surface area contributed by atoms with Crippen molar-refractivity contribution in [3.05, 3.63) is 32.2 Å². The van der Waals surface area contributed by atoms with E-state index in [0.29, 0.717) is 12.2 Å². The molecule has 0 saturated heterocycles. The number of halogens is 2. The van der Waals surface area contributed by atoms with E-state index in [2.05, 4.69) is 31.9 Å². The lowest BCUT2D eigenvalue weighted by atomic mass is 10.1. The molecule has 0 aliphatic rings. The van der Waals surface area contributed by atoms with Crippen molar-refractivity contribution in [1.82, 2.24) is 0 Å². The summed E-state index contributed by atoms with van der Waals surface area (Å²) in [5.41, 5.74) is 1.63. The molecule has 0 aliphatic heterocycles. The van der Waals surface area contributed by atoms with Crippen LogP contribution in [0.3, 0.4) is 0 Å². The molecule has 0 unspecified atom stereocenters. The second-order valence-corrected chi connectivity index (χ2v) is 4.96. The summed E-state index contributed by atoms with van der Waals surface area (Å²) in [6, 6.07) is 3.84. The van der Waals surface area contributed by atoms with E-state index in [1.54, 1.807) is 6.92 Å². The molecule has 0 aliphatic carbocycles. The zero-order chi connectivity index (χ0) is 12.1. The van der Waals surface area contributed by atoms with Crippen LogP contribution < -0.4 is 4.74 Å². The lowest BCUT2D eigenvalue weighted by molar-refractivity contribution is -0.104. The molecule has 86 valence electrons. The Bertz CT molecular complexity index is 402. The SMILES string of the molecule is CCOc1c(Br)cc(C=C(C)C=O)cc1Br. The average molecular weight is 348 g/mol. The molecule has 1 aromatic rings. The van der Waals surface area contributed by atoms with E-state index in [9.17, 15) is 4.79 Å². The molecular formula is C12H12Br2O2. The van der Waals surface area contributed by atoms with Gasteiger partial charge in [0.2, 0.25) is 0 Å². The largest absolute Gasteiger partial charge is 0.492 e. The minimum atomic E-state index is 0.611. The fraction of sp³-hybridized carbons (Fsp3) is 0.250. The summed E-state index contributed by atoms with van der Waals surface area (Å²) in [6.45, 7) is 4.31. The minimum Gasteiger partial charge on any atom is -0.492 e. The number of benzene rings is 1. The van der Waals surface area contributed by atoms with Gasteiger partial charge in [-0.25, -0.2) is 0 Å². The maximum Gasteiger partial charge on any atom is 0.147 e. The van der Waals surface area contributed by atoms with Crippen LogP contribution >= 0.6 is 31.9 Å². The van der Waals surface area contributed by atoms with Crippen LogP contribution in [-0.2, 0) is 4.79 Å². The van der Waals surface area contributed by atoms with E-state index >= 15 is 0 Å². The van der Waals surface area contributed by atoms with Crippen LogP contribution in [0.15, 0.2) is 26.7 Å². The average Bonchev–Trinajstić information content (AvgIpc) is 2.23. The minimum absolute atomic E-state index is 0.611. The molecule has 0 saturated carbocycles. The van der Waals surface area contributed by atoms with Crippen molar-refractivity contribution >= 4 is 44.2 Å². The molecular weight excluding hydrogens is 336 g/mol. The fourth-order valence-electron chi connectivity index (χ4n) is 1.24. The normalized spacial score (nSPS) is 11.4. The van der Waals surface area contributed by atoms with Gasteiger partial charge in [-0.2, -0.15) is 0 Å². The van der Waals surface area contributed by atoms with Gasteiger partial charge < -0.3 is 4.74 Å². The zero-order valence-electron chi connectivity index (χ0n) is 9.09. The van der Waals surface area contributed by atoms with Crippen molar-refractivity contribution in [2.75, 3.05) is 6.61 Å². The third kappa shape index (κ3) is 3.46. The molecule has 0 bridgehead atoms. The van der Waals surface area contributed by atoms with Crippen molar-refractivity contribution in [2.45, 2.75) is 13.8 Å². The van der Waals surface area contributed by atoms with Crippen molar-refractivity contribution in [1.29, 1.82) is 0 Å². The van der Waals surface area contributed by atoms with E-state index in [1.807, 2.05) is 25.1 Å². The van der Waals surface area contributed by atoms with Crippen molar-refractivity contribution < 1.29 is 9.53 Å². The summed E-state index contributed by atoms with van der Waals surface area (Å²) >= 11 is 6.88. The lowest BCUT2D eigenvalue weighted by Crippen LogP contribution is -1.94. The van der Waals surface area contributed by atoms with Crippen LogP contribution in [0.5, 0.6) is 5.75 Å². The second kappa shape index (κ2) is 6.21. The molecule has 0 spiro atoms. The maximum absolute atomic E-state index is 10.5. The molecule has 4 heteroatoms. The summed E-state index contributed by atoms with van der Waals surface area (Å²) in [5, 5.41) is 0. The number of hydrogen-bond acceptors (Lipinski definition) is 2. The first-order chi connectivity index (χ1) is 7.58. The Hall–Kier alpha value is -0.610. The highest BCUT2D eigenvalue weighted by atomic mass is 79.9. The standard InChI is InChI=1S/C12H12Br2O2/c1-3-16-12-10(13)5-9(6-11(12)14)4-8(2)7-15/h4-7H,3H2,1-2H3. The van der Waals surface area contributed by atoms with Gasteiger partial charge in [0.15, 0.2) is 0 Å². The predicted octanol–water partition coefficient (Wildman–Crippen LogP) is 4.21. The highest BCUT2D eigenvalue weighted by Gasteiger charge is 2.07. The summed E-state index contributed by atoms with van der Waals surface area (Å²) in [7, 11) is 0. The van der Waals surface area contributed by atoms with Gasteiger partial charge in [-0.3, -0.25) is 4.79 Å². The van der Waals surface area contributed by atoms with Gasteiger partial charge >= 0.3 is 0 Å².